The lowest BCUT2D eigenvalue weighted by Crippen LogP contribution is -2.09. The molecule has 0 saturated heterocycles. The molecule has 0 aromatic carbocycles. The standard InChI is InChI=1S/C16H25NO2/c1-8-11(2)15(18-7)12(3)9-13-10-14(19-17-13)16(4,5)6/h10H,3,8-9H2,1-2,4-7H3/b15-11+. The van der Waals surface area contributed by atoms with E-state index < -0.39 is 0 Å². The van der Waals surface area contributed by atoms with Crippen molar-refractivity contribution in [2.45, 2.75) is 52.9 Å². The van der Waals surface area contributed by atoms with E-state index in [0.717, 1.165) is 29.2 Å². The molecule has 1 aromatic rings. The maximum absolute atomic E-state index is 5.43. The van der Waals surface area contributed by atoms with E-state index in [0.29, 0.717) is 6.42 Å². The van der Waals surface area contributed by atoms with E-state index in [2.05, 4.69) is 46.4 Å². The largest absolute Gasteiger partial charge is 0.497 e. The normalized spacial score (nSPS) is 13.2. The Hall–Kier alpha value is -1.51. The number of methoxy groups -OCH3 is 1. The average Bonchev–Trinajstić information content (AvgIpc) is 2.77. The van der Waals surface area contributed by atoms with Gasteiger partial charge >= 0.3 is 0 Å². The molecular formula is C16H25NO2. The molecule has 0 aliphatic heterocycles. The van der Waals surface area contributed by atoms with Crippen molar-refractivity contribution in [2.75, 3.05) is 7.11 Å². The zero-order chi connectivity index (χ0) is 14.6. The van der Waals surface area contributed by atoms with E-state index >= 15 is 0 Å². The predicted molar refractivity (Wildman–Crippen MR) is 78.0 cm³/mol. The van der Waals surface area contributed by atoms with Crippen molar-refractivity contribution in [2.24, 2.45) is 0 Å². The van der Waals surface area contributed by atoms with E-state index in [4.69, 9.17) is 9.26 Å². The number of rotatable bonds is 5. The summed E-state index contributed by atoms with van der Waals surface area (Å²) < 4.78 is 10.8. The van der Waals surface area contributed by atoms with Gasteiger partial charge in [0.05, 0.1) is 12.8 Å². The topological polar surface area (TPSA) is 35.3 Å². The molecule has 0 saturated carbocycles. The van der Waals surface area contributed by atoms with Gasteiger partial charge in [-0.15, -0.1) is 0 Å². The lowest BCUT2D eigenvalue weighted by molar-refractivity contribution is 0.293. The van der Waals surface area contributed by atoms with Crippen LogP contribution in [0.3, 0.4) is 0 Å². The lowest BCUT2D eigenvalue weighted by atomic mass is 9.93. The van der Waals surface area contributed by atoms with Crippen LogP contribution in [0.25, 0.3) is 0 Å². The Morgan fingerprint density at radius 3 is 2.47 bits per heavy atom. The Bertz CT molecular complexity index is 475. The number of hydrogen-bond donors (Lipinski definition) is 0. The van der Waals surface area contributed by atoms with Gasteiger partial charge in [-0.1, -0.05) is 39.4 Å². The zero-order valence-corrected chi connectivity index (χ0v) is 13.0. The molecule has 0 aliphatic carbocycles. The minimum atomic E-state index is -0.0220. The minimum absolute atomic E-state index is 0.0220. The fourth-order valence-electron chi connectivity index (χ4n) is 1.83. The quantitative estimate of drug-likeness (QED) is 0.583. The average molecular weight is 263 g/mol. The number of ether oxygens (including phenoxy) is 1. The van der Waals surface area contributed by atoms with Gasteiger partial charge in [-0.2, -0.15) is 0 Å². The first-order valence-corrected chi connectivity index (χ1v) is 6.67. The van der Waals surface area contributed by atoms with E-state index in [9.17, 15) is 0 Å². The predicted octanol–water partition coefficient (Wildman–Crippen LogP) is 4.40. The Labute approximate surface area is 116 Å². The second kappa shape index (κ2) is 6.09. The molecule has 19 heavy (non-hydrogen) atoms. The number of hydrogen-bond acceptors (Lipinski definition) is 3. The third kappa shape index (κ3) is 3.98. The molecule has 0 bridgehead atoms. The molecule has 0 radical (unpaired) electrons. The van der Waals surface area contributed by atoms with Gasteiger partial charge in [-0.05, 0) is 24.5 Å². The molecule has 0 N–H and O–H groups in total. The lowest BCUT2D eigenvalue weighted by Gasteiger charge is -2.12. The van der Waals surface area contributed by atoms with Gasteiger partial charge in [0.25, 0.3) is 0 Å². The molecule has 0 fully saturated rings. The van der Waals surface area contributed by atoms with Crippen molar-refractivity contribution >= 4 is 0 Å². The van der Waals surface area contributed by atoms with E-state index in [1.54, 1.807) is 7.11 Å². The van der Waals surface area contributed by atoms with Crippen LogP contribution in [0.2, 0.25) is 0 Å². The monoisotopic (exact) mass is 263 g/mol. The van der Waals surface area contributed by atoms with Crippen LogP contribution in [0.4, 0.5) is 0 Å². The van der Waals surface area contributed by atoms with Gasteiger partial charge < -0.3 is 9.26 Å². The van der Waals surface area contributed by atoms with Crippen LogP contribution < -0.4 is 0 Å². The Kier molecular flexibility index (Phi) is 4.98. The van der Waals surface area contributed by atoms with Crippen molar-refractivity contribution in [3.63, 3.8) is 0 Å². The summed E-state index contributed by atoms with van der Waals surface area (Å²) in [6.07, 6.45) is 1.61. The summed E-state index contributed by atoms with van der Waals surface area (Å²) in [5.74, 6) is 1.77. The summed E-state index contributed by atoms with van der Waals surface area (Å²) in [6.45, 7) is 14.6. The third-order valence-electron chi connectivity index (χ3n) is 3.14. The van der Waals surface area contributed by atoms with E-state index in [1.165, 1.54) is 5.57 Å². The number of allylic oxidation sites excluding steroid dienone is 2. The van der Waals surface area contributed by atoms with Crippen LogP contribution in [0.15, 0.2) is 34.1 Å². The van der Waals surface area contributed by atoms with Crippen LogP contribution in [0, 0.1) is 0 Å². The molecule has 0 atom stereocenters. The van der Waals surface area contributed by atoms with E-state index in [1.807, 2.05) is 6.07 Å². The van der Waals surface area contributed by atoms with Gasteiger partial charge in [0.1, 0.15) is 11.5 Å². The Morgan fingerprint density at radius 2 is 2.05 bits per heavy atom. The molecular weight excluding hydrogens is 238 g/mol. The van der Waals surface area contributed by atoms with Gasteiger partial charge in [-0.25, -0.2) is 0 Å². The Balaban J connectivity index is 2.86. The highest BCUT2D eigenvalue weighted by Crippen LogP contribution is 2.25. The van der Waals surface area contributed by atoms with Gasteiger partial charge in [0.15, 0.2) is 0 Å². The highest BCUT2D eigenvalue weighted by molar-refractivity contribution is 5.31. The molecule has 1 aromatic heterocycles. The number of aromatic nitrogens is 1. The smallest absolute Gasteiger partial charge is 0.142 e. The molecule has 106 valence electrons. The van der Waals surface area contributed by atoms with Crippen molar-refractivity contribution in [1.29, 1.82) is 0 Å². The molecule has 0 spiro atoms. The first-order chi connectivity index (χ1) is 8.79. The second-order valence-corrected chi connectivity index (χ2v) is 5.88. The fourth-order valence-corrected chi connectivity index (χ4v) is 1.83. The maximum atomic E-state index is 5.43. The Morgan fingerprint density at radius 1 is 1.42 bits per heavy atom. The fraction of sp³-hybridized carbons (Fsp3) is 0.562. The van der Waals surface area contributed by atoms with Gasteiger partial charge in [0, 0.05) is 17.9 Å². The molecule has 0 unspecified atom stereocenters. The molecule has 0 amide bonds. The zero-order valence-electron chi connectivity index (χ0n) is 13.0. The molecule has 1 heterocycles. The molecule has 0 aliphatic rings. The molecule has 1 rings (SSSR count). The van der Waals surface area contributed by atoms with Crippen LogP contribution in [-0.4, -0.2) is 12.3 Å². The molecule has 3 nitrogen and oxygen atoms in total. The van der Waals surface area contributed by atoms with Crippen LogP contribution in [0.5, 0.6) is 0 Å². The van der Waals surface area contributed by atoms with Crippen molar-refractivity contribution < 1.29 is 9.26 Å². The summed E-state index contributed by atoms with van der Waals surface area (Å²) in [4.78, 5) is 0. The van der Waals surface area contributed by atoms with Crippen LogP contribution >= 0.6 is 0 Å². The van der Waals surface area contributed by atoms with Crippen molar-refractivity contribution in [3.05, 3.63) is 41.0 Å². The van der Waals surface area contributed by atoms with Gasteiger partial charge in [0.2, 0.25) is 0 Å². The van der Waals surface area contributed by atoms with Crippen LogP contribution in [-0.2, 0) is 16.6 Å². The second-order valence-electron chi connectivity index (χ2n) is 5.88. The summed E-state index contributed by atoms with van der Waals surface area (Å²) in [5, 5.41) is 4.11. The minimum Gasteiger partial charge on any atom is -0.497 e. The summed E-state index contributed by atoms with van der Waals surface area (Å²) in [6, 6.07) is 2.00. The molecule has 3 heteroatoms. The van der Waals surface area contributed by atoms with Crippen molar-refractivity contribution in [3.8, 4) is 0 Å². The van der Waals surface area contributed by atoms with Gasteiger partial charge in [-0.3, -0.25) is 0 Å². The van der Waals surface area contributed by atoms with Crippen molar-refractivity contribution in [1.82, 2.24) is 5.16 Å². The number of nitrogens with zero attached hydrogens (tertiary/aromatic N) is 1. The highest BCUT2D eigenvalue weighted by Gasteiger charge is 2.20. The summed E-state index contributed by atoms with van der Waals surface area (Å²) in [7, 11) is 1.68. The maximum Gasteiger partial charge on any atom is 0.142 e. The summed E-state index contributed by atoms with van der Waals surface area (Å²) >= 11 is 0. The summed E-state index contributed by atoms with van der Waals surface area (Å²) in [5.41, 5.74) is 3.02. The first-order valence-electron chi connectivity index (χ1n) is 6.67. The SMILES string of the molecule is C=C(Cc1cc(C(C)(C)C)on1)/C(OC)=C(/C)CC. The van der Waals surface area contributed by atoms with E-state index in [-0.39, 0.29) is 5.41 Å². The highest BCUT2D eigenvalue weighted by atomic mass is 16.5. The van der Waals surface area contributed by atoms with Crippen LogP contribution in [0.1, 0.15) is 52.5 Å². The first kappa shape index (κ1) is 15.5. The third-order valence-corrected chi connectivity index (χ3v) is 3.14.